The predicted molar refractivity (Wildman–Crippen MR) is 108 cm³/mol. The fourth-order valence-electron chi connectivity index (χ4n) is 4.02. The van der Waals surface area contributed by atoms with Gasteiger partial charge < -0.3 is 10.2 Å². The number of benzene rings is 2. The van der Waals surface area contributed by atoms with E-state index < -0.39 is 46.5 Å². The monoisotopic (exact) mass is 444 g/mol. The third-order valence-electron chi connectivity index (χ3n) is 5.76. The lowest BCUT2D eigenvalue weighted by molar-refractivity contribution is -0.384. The lowest BCUT2D eigenvalue weighted by atomic mass is 9.92. The zero-order valence-electron chi connectivity index (χ0n) is 16.9. The van der Waals surface area contributed by atoms with Crippen LogP contribution in [0.2, 0.25) is 0 Å². The van der Waals surface area contributed by atoms with Crippen LogP contribution in [0, 0.1) is 21.7 Å². The van der Waals surface area contributed by atoms with Gasteiger partial charge in [0, 0.05) is 24.4 Å². The molecular weight excluding hydrogens is 426 g/mol. The minimum Gasteiger partial charge on any atom is -0.319 e. The number of nitro benzene ring substituents is 1. The molecule has 2 aliphatic heterocycles. The summed E-state index contributed by atoms with van der Waals surface area (Å²) in [7, 11) is 0. The molecule has 11 heteroatoms. The summed E-state index contributed by atoms with van der Waals surface area (Å²) in [5.74, 6) is -3.58. The second-order valence-electron chi connectivity index (χ2n) is 7.79. The molecule has 2 heterocycles. The van der Waals surface area contributed by atoms with Gasteiger partial charge in [-0.3, -0.25) is 24.6 Å². The molecule has 1 atom stereocenters. The van der Waals surface area contributed by atoms with Crippen LogP contribution in [0.1, 0.15) is 24.5 Å². The molecule has 0 saturated carbocycles. The predicted octanol–water partition coefficient (Wildman–Crippen LogP) is 2.62. The number of urea groups is 1. The van der Waals surface area contributed by atoms with Crippen molar-refractivity contribution in [3.63, 3.8) is 0 Å². The number of rotatable bonds is 4. The van der Waals surface area contributed by atoms with Gasteiger partial charge in [-0.1, -0.05) is 6.07 Å². The number of amides is 4. The van der Waals surface area contributed by atoms with Gasteiger partial charge in [-0.15, -0.1) is 0 Å². The average molecular weight is 444 g/mol. The van der Waals surface area contributed by atoms with E-state index in [0.29, 0.717) is 30.6 Å². The van der Waals surface area contributed by atoms with Gasteiger partial charge >= 0.3 is 6.03 Å². The summed E-state index contributed by atoms with van der Waals surface area (Å²) in [5.41, 5.74) is -0.591. The minimum absolute atomic E-state index is 0.0420. The van der Waals surface area contributed by atoms with Crippen molar-refractivity contribution < 1.29 is 28.1 Å². The van der Waals surface area contributed by atoms with Gasteiger partial charge in [-0.05, 0) is 49.1 Å². The lowest BCUT2D eigenvalue weighted by Gasteiger charge is -2.30. The zero-order valence-corrected chi connectivity index (χ0v) is 16.9. The van der Waals surface area contributed by atoms with E-state index >= 15 is 0 Å². The first kappa shape index (κ1) is 21.3. The molecule has 1 saturated heterocycles. The molecule has 0 radical (unpaired) electrons. The number of fused-ring (bicyclic) bond motifs is 1. The molecule has 1 N–H and O–H groups in total. The molecule has 32 heavy (non-hydrogen) atoms. The summed E-state index contributed by atoms with van der Waals surface area (Å²) in [4.78, 5) is 51.1. The molecule has 0 bridgehead atoms. The van der Waals surface area contributed by atoms with E-state index in [4.69, 9.17) is 0 Å². The standard InChI is InChI=1S/C21H18F2N4O5/c1-21(13-4-6-15(22)16(23)10-13)19(29)26(20(30)24-21)11-18(28)25-8-2-3-12-9-14(27(31)32)5-7-17(12)25/h4-7,9-10H,2-3,8,11H2,1H3,(H,24,30). The second-order valence-corrected chi connectivity index (χ2v) is 7.79. The number of nitrogens with one attached hydrogen (secondary N) is 1. The Hall–Kier alpha value is -3.89. The number of aryl methyl sites for hydroxylation is 1. The van der Waals surface area contributed by atoms with E-state index in [1.807, 2.05) is 0 Å². The second kappa shape index (κ2) is 7.66. The topological polar surface area (TPSA) is 113 Å². The van der Waals surface area contributed by atoms with E-state index in [-0.39, 0.29) is 11.3 Å². The van der Waals surface area contributed by atoms with E-state index in [1.165, 1.54) is 36.1 Å². The van der Waals surface area contributed by atoms with Crippen molar-refractivity contribution in [3.8, 4) is 0 Å². The molecular formula is C21H18F2N4O5. The number of carbonyl (C=O) groups is 3. The number of nitro groups is 1. The van der Waals surface area contributed by atoms with Crippen molar-refractivity contribution in [2.45, 2.75) is 25.3 Å². The molecule has 2 aliphatic rings. The Kier molecular flexibility index (Phi) is 5.11. The molecule has 4 amide bonds. The van der Waals surface area contributed by atoms with Crippen LogP contribution in [0.3, 0.4) is 0 Å². The minimum atomic E-state index is -1.66. The van der Waals surface area contributed by atoms with Crippen molar-refractivity contribution >= 4 is 29.2 Å². The summed E-state index contributed by atoms with van der Waals surface area (Å²) >= 11 is 0. The Morgan fingerprint density at radius 3 is 2.62 bits per heavy atom. The molecule has 9 nitrogen and oxygen atoms in total. The van der Waals surface area contributed by atoms with Gasteiger partial charge in [0.25, 0.3) is 11.6 Å². The zero-order chi connectivity index (χ0) is 23.2. The Morgan fingerprint density at radius 1 is 1.19 bits per heavy atom. The molecule has 1 unspecified atom stereocenters. The fourth-order valence-corrected chi connectivity index (χ4v) is 4.02. The molecule has 2 aromatic carbocycles. The Labute approximate surface area is 180 Å². The fraction of sp³-hybridized carbons (Fsp3) is 0.286. The van der Waals surface area contributed by atoms with Crippen LogP contribution in [-0.4, -0.2) is 40.8 Å². The lowest BCUT2D eigenvalue weighted by Crippen LogP contribution is -2.46. The normalized spacial score (nSPS) is 20.2. The molecule has 4 rings (SSSR count). The average Bonchev–Trinajstić information content (AvgIpc) is 2.98. The van der Waals surface area contributed by atoms with Gasteiger partial charge in [0.1, 0.15) is 12.1 Å². The Balaban J connectivity index is 1.57. The van der Waals surface area contributed by atoms with E-state index in [9.17, 15) is 33.3 Å². The van der Waals surface area contributed by atoms with Gasteiger partial charge in [-0.2, -0.15) is 0 Å². The van der Waals surface area contributed by atoms with Gasteiger partial charge in [0.2, 0.25) is 5.91 Å². The van der Waals surface area contributed by atoms with Crippen LogP contribution in [0.15, 0.2) is 36.4 Å². The van der Waals surface area contributed by atoms with Crippen molar-refractivity contribution in [2.24, 2.45) is 0 Å². The summed E-state index contributed by atoms with van der Waals surface area (Å²) in [6.45, 7) is 1.10. The summed E-state index contributed by atoms with van der Waals surface area (Å²) in [5, 5.41) is 13.5. The highest BCUT2D eigenvalue weighted by Crippen LogP contribution is 2.32. The number of hydrogen-bond acceptors (Lipinski definition) is 5. The third-order valence-corrected chi connectivity index (χ3v) is 5.76. The van der Waals surface area contributed by atoms with Gasteiger partial charge in [-0.25, -0.2) is 13.6 Å². The summed E-state index contributed by atoms with van der Waals surface area (Å²) in [6.07, 6.45) is 1.12. The highest BCUT2D eigenvalue weighted by Gasteiger charge is 2.50. The SMILES string of the molecule is CC1(c2ccc(F)c(F)c2)NC(=O)N(CC(=O)N2CCCc3cc([N+](=O)[O-])ccc32)C1=O. The quantitative estimate of drug-likeness (QED) is 0.443. The highest BCUT2D eigenvalue weighted by molar-refractivity contribution is 6.10. The summed E-state index contributed by atoms with van der Waals surface area (Å²) in [6, 6.07) is 6.20. The molecule has 0 aromatic heterocycles. The van der Waals surface area contributed by atoms with Crippen molar-refractivity contribution in [2.75, 3.05) is 18.0 Å². The van der Waals surface area contributed by atoms with Crippen LogP contribution in [0.5, 0.6) is 0 Å². The first-order valence-corrected chi connectivity index (χ1v) is 9.79. The van der Waals surface area contributed by atoms with Crippen LogP contribution in [0.25, 0.3) is 0 Å². The van der Waals surface area contributed by atoms with Crippen molar-refractivity contribution in [1.82, 2.24) is 10.2 Å². The number of anilines is 1. The number of non-ortho nitro benzene ring substituents is 1. The Morgan fingerprint density at radius 2 is 1.94 bits per heavy atom. The van der Waals surface area contributed by atoms with Crippen molar-refractivity contribution in [3.05, 3.63) is 69.3 Å². The number of imide groups is 1. The number of halogens is 2. The largest absolute Gasteiger partial charge is 0.325 e. The Bertz CT molecular complexity index is 1170. The molecule has 2 aromatic rings. The molecule has 0 spiro atoms. The maximum absolute atomic E-state index is 13.7. The van der Waals surface area contributed by atoms with Crippen LogP contribution < -0.4 is 10.2 Å². The van der Waals surface area contributed by atoms with Gasteiger partial charge in [0.05, 0.1) is 4.92 Å². The number of hydrogen-bond donors (Lipinski definition) is 1. The highest BCUT2D eigenvalue weighted by atomic mass is 19.2. The maximum atomic E-state index is 13.7. The van der Waals surface area contributed by atoms with Crippen LogP contribution in [-0.2, 0) is 21.5 Å². The first-order valence-electron chi connectivity index (χ1n) is 9.79. The molecule has 0 aliphatic carbocycles. The van der Waals surface area contributed by atoms with E-state index in [0.717, 1.165) is 17.0 Å². The number of nitrogens with zero attached hydrogens (tertiary/aromatic N) is 3. The first-order chi connectivity index (χ1) is 15.1. The smallest absolute Gasteiger partial charge is 0.319 e. The third kappa shape index (κ3) is 3.45. The van der Waals surface area contributed by atoms with E-state index in [2.05, 4.69) is 5.32 Å². The van der Waals surface area contributed by atoms with E-state index in [1.54, 1.807) is 0 Å². The molecule has 1 fully saturated rings. The van der Waals surface area contributed by atoms with Crippen molar-refractivity contribution in [1.29, 1.82) is 0 Å². The van der Waals surface area contributed by atoms with Crippen LogP contribution in [0.4, 0.5) is 25.0 Å². The van der Waals surface area contributed by atoms with Gasteiger partial charge in [0.15, 0.2) is 11.6 Å². The maximum Gasteiger partial charge on any atom is 0.325 e. The summed E-state index contributed by atoms with van der Waals surface area (Å²) < 4.78 is 27.0. The van der Waals surface area contributed by atoms with Crippen LogP contribution >= 0.6 is 0 Å². The molecule has 166 valence electrons. The number of carbonyl (C=O) groups excluding carboxylic acids is 3.